The van der Waals surface area contributed by atoms with Gasteiger partial charge in [0, 0.05) is 0 Å². The molecule has 0 heterocycles. The van der Waals surface area contributed by atoms with Crippen LogP contribution in [-0.4, -0.2) is 20.6 Å². The van der Waals surface area contributed by atoms with Crippen LogP contribution in [0.25, 0.3) is 0 Å². The Morgan fingerprint density at radius 2 is 1.38 bits per heavy atom. The third kappa shape index (κ3) is 1.05. The molecule has 0 aliphatic heterocycles. The molecular weight excluding hydrogens is 173 g/mol. The summed E-state index contributed by atoms with van der Waals surface area (Å²) in [6.07, 6.45) is 3.67. The van der Waals surface area contributed by atoms with E-state index in [2.05, 4.69) is 30.0 Å². The highest BCUT2D eigenvalue weighted by molar-refractivity contribution is 7.26. The smallest absolute Gasteiger partial charge is 0.0682 e. The first-order valence-corrected chi connectivity index (χ1v) is 5.56. The minimum Gasteiger partial charge on any atom is -0.148 e. The Morgan fingerprint density at radius 1 is 1.00 bits per heavy atom. The predicted molar refractivity (Wildman–Crippen MR) is 62.1 cm³/mol. The Bertz CT molecular complexity index is 203. The van der Waals surface area contributed by atoms with Crippen LogP contribution in [0.2, 0.25) is 0 Å². The second kappa shape index (κ2) is 2.21. The van der Waals surface area contributed by atoms with Crippen molar-refractivity contribution in [2.75, 3.05) is 0 Å². The van der Waals surface area contributed by atoms with Gasteiger partial charge in [-0.1, -0.05) is 25.7 Å². The molecule has 0 aromatic heterocycles. The highest BCUT2D eigenvalue weighted by Gasteiger charge is 2.73. The van der Waals surface area contributed by atoms with Gasteiger partial charge in [-0.05, 0) is 35.5 Å². The van der Waals surface area contributed by atoms with Crippen molar-refractivity contribution in [3.8, 4) is 0 Å². The summed E-state index contributed by atoms with van der Waals surface area (Å²) in [6.45, 7) is 6.98. The van der Waals surface area contributed by atoms with E-state index in [0.29, 0.717) is 10.8 Å². The molecule has 0 aromatic rings. The van der Waals surface area contributed by atoms with Gasteiger partial charge in [0.05, 0.1) is 15.7 Å². The molecule has 3 rings (SSSR count). The predicted octanol–water partition coefficient (Wildman–Crippen LogP) is 2.07. The van der Waals surface area contributed by atoms with Crippen LogP contribution < -0.4 is 0 Å². The summed E-state index contributed by atoms with van der Waals surface area (Å²) in [6, 6.07) is 0. The van der Waals surface area contributed by atoms with Crippen LogP contribution in [0.15, 0.2) is 0 Å². The van der Waals surface area contributed by atoms with E-state index in [0.717, 1.165) is 0 Å². The third-order valence-electron chi connectivity index (χ3n) is 4.54. The van der Waals surface area contributed by atoms with Gasteiger partial charge in [0.1, 0.15) is 0 Å². The molecule has 3 aliphatic rings. The van der Waals surface area contributed by atoms with Crippen LogP contribution in [0.3, 0.4) is 0 Å². The van der Waals surface area contributed by atoms with Gasteiger partial charge in [-0.25, -0.2) is 0 Å². The molecular formula is C10H17B2P. The zero-order valence-electron chi connectivity index (χ0n) is 8.85. The molecule has 68 valence electrons. The van der Waals surface area contributed by atoms with E-state index < -0.39 is 4.95 Å². The van der Waals surface area contributed by atoms with Crippen molar-refractivity contribution >= 4 is 24.9 Å². The van der Waals surface area contributed by atoms with Crippen molar-refractivity contribution in [3.05, 3.63) is 0 Å². The molecule has 0 aromatic carbocycles. The van der Waals surface area contributed by atoms with Gasteiger partial charge in [0.25, 0.3) is 0 Å². The molecule has 13 heavy (non-hydrogen) atoms. The van der Waals surface area contributed by atoms with Crippen molar-refractivity contribution in [2.45, 2.75) is 45.0 Å². The Balaban J connectivity index is 2.09. The molecule has 1 unspecified atom stereocenters. The maximum absolute atomic E-state index is 5.96. The summed E-state index contributed by atoms with van der Waals surface area (Å²) in [5, 5.41) is 0. The minimum absolute atomic E-state index is 0.241. The fourth-order valence-corrected chi connectivity index (χ4v) is 3.35. The van der Waals surface area contributed by atoms with E-state index in [4.69, 9.17) is 15.7 Å². The van der Waals surface area contributed by atoms with Crippen molar-refractivity contribution in [3.63, 3.8) is 0 Å². The molecule has 1 atom stereocenters. The number of hydrogen-bond acceptors (Lipinski definition) is 0. The van der Waals surface area contributed by atoms with Crippen LogP contribution in [0, 0.1) is 16.2 Å². The summed E-state index contributed by atoms with van der Waals surface area (Å²) < 4.78 is 0. The molecule has 0 nitrogen and oxygen atoms in total. The van der Waals surface area contributed by atoms with Gasteiger partial charge < -0.3 is 0 Å². The van der Waals surface area contributed by atoms with Gasteiger partial charge >= 0.3 is 0 Å². The van der Waals surface area contributed by atoms with E-state index in [1.165, 1.54) is 19.3 Å². The first-order valence-electron chi connectivity index (χ1n) is 4.99. The Hall–Kier alpha value is 0.560. The summed E-state index contributed by atoms with van der Waals surface area (Å²) in [4.78, 5) is -0.542. The molecule has 4 radical (unpaired) electrons. The Kier molecular flexibility index (Phi) is 1.72. The first-order chi connectivity index (χ1) is 5.62. The van der Waals surface area contributed by atoms with Gasteiger partial charge in [-0.3, -0.25) is 0 Å². The molecule has 0 amide bonds. The van der Waals surface area contributed by atoms with Crippen LogP contribution in [-0.2, 0) is 0 Å². The average Bonchev–Trinajstić information content (AvgIpc) is 1.41. The molecule has 3 saturated carbocycles. The molecule has 3 aliphatic carbocycles. The first kappa shape index (κ1) is 10.1. The summed E-state index contributed by atoms with van der Waals surface area (Å²) in [5.74, 6) is 0. The molecule has 0 spiro atoms. The van der Waals surface area contributed by atoms with E-state index in [1.54, 1.807) is 0 Å². The molecule has 2 bridgehead atoms. The van der Waals surface area contributed by atoms with Crippen molar-refractivity contribution in [2.24, 2.45) is 16.2 Å². The topological polar surface area (TPSA) is 0 Å². The lowest BCUT2D eigenvalue weighted by molar-refractivity contribution is -0.255. The largest absolute Gasteiger partial charge is 0.148 e. The zero-order valence-corrected chi connectivity index (χ0v) is 10.0. The maximum Gasteiger partial charge on any atom is 0.0682 e. The van der Waals surface area contributed by atoms with Crippen molar-refractivity contribution in [1.82, 2.24) is 0 Å². The van der Waals surface area contributed by atoms with Gasteiger partial charge in [-0.15, -0.1) is 9.24 Å². The van der Waals surface area contributed by atoms with E-state index in [-0.39, 0.29) is 5.41 Å². The van der Waals surface area contributed by atoms with Crippen LogP contribution in [0.4, 0.5) is 0 Å². The minimum atomic E-state index is -0.542. The lowest BCUT2D eigenvalue weighted by Gasteiger charge is -2.80. The lowest BCUT2D eigenvalue weighted by Crippen LogP contribution is -2.73. The summed E-state index contributed by atoms with van der Waals surface area (Å²) >= 11 is 0. The van der Waals surface area contributed by atoms with Gasteiger partial charge in [0.2, 0.25) is 0 Å². The fourth-order valence-electron chi connectivity index (χ4n) is 3.04. The Morgan fingerprint density at radius 3 is 1.62 bits per heavy atom. The monoisotopic (exact) mass is 190 g/mol. The third-order valence-corrected chi connectivity index (χ3v) is 5.15. The summed E-state index contributed by atoms with van der Waals surface area (Å²) in [5.41, 5.74) is 1.21. The second-order valence-corrected chi connectivity index (χ2v) is 7.23. The van der Waals surface area contributed by atoms with E-state index in [1.807, 2.05) is 0 Å². The van der Waals surface area contributed by atoms with Crippen molar-refractivity contribution in [1.29, 1.82) is 0 Å². The van der Waals surface area contributed by atoms with Crippen molar-refractivity contribution < 1.29 is 0 Å². The molecule has 3 heteroatoms. The van der Waals surface area contributed by atoms with E-state index in [9.17, 15) is 0 Å². The van der Waals surface area contributed by atoms with Crippen LogP contribution in [0.5, 0.6) is 0 Å². The van der Waals surface area contributed by atoms with Gasteiger partial charge in [-0.2, -0.15) is 0 Å². The lowest BCUT2D eigenvalue weighted by atomic mass is 9.23. The van der Waals surface area contributed by atoms with Crippen LogP contribution in [0.1, 0.15) is 40.0 Å². The number of hydrogen-bond donors (Lipinski definition) is 0. The van der Waals surface area contributed by atoms with Crippen LogP contribution >= 0.6 is 9.24 Å². The summed E-state index contributed by atoms with van der Waals surface area (Å²) in [7, 11) is 14.5. The molecule has 0 N–H and O–H groups in total. The standard InChI is InChI=1S/C10H17B2P/c1-7(2,3)8-4-9(5-8,6-8)10(11,12)13/h4-6,13H2,1-3H3. The number of rotatable bonds is 1. The van der Waals surface area contributed by atoms with E-state index >= 15 is 0 Å². The maximum atomic E-state index is 5.96. The Labute approximate surface area is 86.6 Å². The molecule has 0 saturated heterocycles. The SMILES string of the molecule is [B]C([B])(P)C12CC(C(C)(C)C)(C1)C2. The normalized spacial score (nSPS) is 43.7. The second-order valence-electron chi connectivity index (χ2n) is 6.27. The van der Waals surface area contributed by atoms with Gasteiger partial charge in [0.15, 0.2) is 0 Å². The highest BCUT2D eigenvalue weighted by Crippen LogP contribution is 2.82. The fraction of sp³-hybridized carbons (Fsp3) is 1.00. The highest BCUT2D eigenvalue weighted by atomic mass is 31.0. The quantitative estimate of drug-likeness (QED) is 0.438. The average molecular weight is 190 g/mol. The zero-order chi connectivity index (χ0) is 10.1. The molecule has 3 fully saturated rings.